The van der Waals surface area contributed by atoms with Crippen molar-refractivity contribution in [2.24, 2.45) is 0 Å². The first kappa shape index (κ1) is 7.65. The Labute approximate surface area is 58.4 Å². The summed E-state index contributed by atoms with van der Waals surface area (Å²) in [5.41, 5.74) is 0. The van der Waals surface area contributed by atoms with E-state index in [1.807, 2.05) is 0 Å². The van der Waals surface area contributed by atoms with Crippen LogP contribution in [0.5, 0.6) is 0 Å². The molecular weight excluding hydrogens is 136 g/mol. The molecule has 0 spiro atoms. The fourth-order valence-electron chi connectivity index (χ4n) is 0.933. The standard InChI is InChI=1S/C6H10O4/c7-3-5-6(9)4(8)1-2-10-5/h3-6,8-9H,1-2H2/t4-,5-,6-/m1/s1. The Morgan fingerprint density at radius 2 is 2.20 bits per heavy atom. The highest BCUT2D eigenvalue weighted by Gasteiger charge is 2.30. The smallest absolute Gasteiger partial charge is 0.151 e. The van der Waals surface area contributed by atoms with Gasteiger partial charge >= 0.3 is 0 Å². The SMILES string of the molecule is O=C[C@H]1OCC[C@@H](O)[C@H]1O. The van der Waals surface area contributed by atoms with E-state index in [2.05, 4.69) is 0 Å². The van der Waals surface area contributed by atoms with Gasteiger partial charge in [0.2, 0.25) is 0 Å². The molecule has 4 heteroatoms. The number of aldehydes is 1. The second-order valence-corrected chi connectivity index (χ2v) is 2.32. The molecule has 1 fully saturated rings. The van der Waals surface area contributed by atoms with E-state index in [0.717, 1.165) is 0 Å². The molecule has 2 N–H and O–H groups in total. The monoisotopic (exact) mass is 146 g/mol. The number of rotatable bonds is 1. The zero-order valence-corrected chi connectivity index (χ0v) is 5.43. The Kier molecular flexibility index (Phi) is 2.37. The Balaban J connectivity index is 2.50. The molecule has 1 aliphatic rings. The van der Waals surface area contributed by atoms with Crippen LogP contribution < -0.4 is 0 Å². The molecule has 0 saturated carbocycles. The molecule has 0 amide bonds. The van der Waals surface area contributed by atoms with Crippen LogP contribution in [0.2, 0.25) is 0 Å². The van der Waals surface area contributed by atoms with Gasteiger partial charge in [0.1, 0.15) is 12.2 Å². The average molecular weight is 146 g/mol. The van der Waals surface area contributed by atoms with Gasteiger partial charge in [-0.05, 0) is 6.42 Å². The Bertz CT molecular complexity index is 125. The lowest BCUT2D eigenvalue weighted by Gasteiger charge is -2.28. The zero-order chi connectivity index (χ0) is 7.56. The summed E-state index contributed by atoms with van der Waals surface area (Å²) < 4.78 is 4.83. The maximum atomic E-state index is 10.1. The van der Waals surface area contributed by atoms with Crippen molar-refractivity contribution in [1.82, 2.24) is 0 Å². The van der Waals surface area contributed by atoms with Crippen molar-refractivity contribution in [3.05, 3.63) is 0 Å². The Morgan fingerprint density at radius 3 is 2.70 bits per heavy atom. The Hall–Kier alpha value is -0.450. The molecule has 0 aromatic carbocycles. The van der Waals surface area contributed by atoms with Crippen LogP contribution in [0.3, 0.4) is 0 Å². The molecular formula is C6H10O4. The van der Waals surface area contributed by atoms with E-state index in [-0.39, 0.29) is 0 Å². The van der Waals surface area contributed by atoms with Crippen LogP contribution in [-0.2, 0) is 9.53 Å². The lowest BCUT2D eigenvalue weighted by molar-refractivity contribution is -0.150. The number of hydrogen-bond donors (Lipinski definition) is 2. The van der Waals surface area contributed by atoms with Gasteiger partial charge in [0, 0.05) is 0 Å². The van der Waals surface area contributed by atoms with E-state index in [4.69, 9.17) is 14.9 Å². The quantitative estimate of drug-likeness (QED) is 0.451. The van der Waals surface area contributed by atoms with Crippen molar-refractivity contribution >= 4 is 6.29 Å². The molecule has 0 aliphatic carbocycles. The molecule has 0 unspecified atom stereocenters. The van der Waals surface area contributed by atoms with Crippen LogP contribution >= 0.6 is 0 Å². The second-order valence-electron chi connectivity index (χ2n) is 2.32. The van der Waals surface area contributed by atoms with Gasteiger partial charge in [-0.1, -0.05) is 0 Å². The van der Waals surface area contributed by atoms with Crippen LogP contribution in [0.1, 0.15) is 6.42 Å². The van der Waals surface area contributed by atoms with Crippen LogP contribution in [-0.4, -0.2) is 41.4 Å². The van der Waals surface area contributed by atoms with Crippen molar-refractivity contribution in [2.75, 3.05) is 6.61 Å². The van der Waals surface area contributed by atoms with Crippen molar-refractivity contribution in [2.45, 2.75) is 24.7 Å². The number of carbonyl (C=O) groups excluding carboxylic acids is 1. The molecule has 0 radical (unpaired) electrons. The summed E-state index contributed by atoms with van der Waals surface area (Å²) in [6, 6.07) is 0. The summed E-state index contributed by atoms with van der Waals surface area (Å²) in [6.45, 7) is 0.335. The molecule has 4 nitrogen and oxygen atoms in total. The minimum atomic E-state index is -1.05. The van der Waals surface area contributed by atoms with Crippen LogP contribution in [0.4, 0.5) is 0 Å². The maximum absolute atomic E-state index is 10.1. The normalized spacial score (nSPS) is 41.2. The van der Waals surface area contributed by atoms with E-state index in [1.54, 1.807) is 0 Å². The largest absolute Gasteiger partial charge is 0.390 e. The summed E-state index contributed by atoms with van der Waals surface area (Å²) in [4.78, 5) is 10.1. The molecule has 1 saturated heterocycles. The molecule has 10 heavy (non-hydrogen) atoms. The van der Waals surface area contributed by atoms with E-state index in [1.165, 1.54) is 0 Å². The first-order valence-corrected chi connectivity index (χ1v) is 3.18. The molecule has 58 valence electrons. The number of ether oxygens (including phenoxy) is 1. The predicted octanol–water partition coefficient (Wildman–Crippen LogP) is -1.30. The highest BCUT2D eigenvalue weighted by atomic mass is 16.5. The van der Waals surface area contributed by atoms with Crippen LogP contribution in [0.15, 0.2) is 0 Å². The molecule has 0 aromatic heterocycles. The van der Waals surface area contributed by atoms with Gasteiger partial charge in [-0.15, -0.1) is 0 Å². The van der Waals surface area contributed by atoms with Gasteiger partial charge in [0.05, 0.1) is 12.7 Å². The zero-order valence-electron chi connectivity index (χ0n) is 5.43. The van der Waals surface area contributed by atoms with E-state index in [0.29, 0.717) is 19.3 Å². The van der Waals surface area contributed by atoms with E-state index >= 15 is 0 Å². The summed E-state index contributed by atoms with van der Waals surface area (Å²) in [5, 5.41) is 18.0. The number of hydrogen-bond acceptors (Lipinski definition) is 4. The van der Waals surface area contributed by atoms with Crippen LogP contribution in [0, 0.1) is 0 Å². The molecule has 0 aromatic rings. The molecule has 1 aliphatic heterocycles. The fraction of sp³-hybridized carbons (Fsp3) is 0.833. The number of carbonyl (C=O) groups is 1. The first-order valence-electron chi connectivity index (χ1n) is 3.18. The van der Waals surface area contributed by atoms with Crippen molar-refractivity contribution in [3.63, 3.8) is 0 Å². The van der Waals surface area contributed by atoms with Crippen molar-refractivity contribution in [3.8, 4) is 0 Å². The Morgan fingerprint density at radius 1 is 1.50 bits per heavy atom. The third kappa shape index (κ3) is 1.34. The average Bonchev–Trinajstić information content (AvgIpc) is 1.95. The summed E-state index contributed by atoms with van der Waals surface area (Å²) in [5.74, 6) is 0. The fourth-order valence-corrected chi connectivity index (χ4v) is 0.933. The van der Waals surface area contributed by atoms with Crippen LogP contribution in [0.25, 0.3) is 0 Å². The predicted molar refractivity (Wildman–Crippen MR) is 32.4 cm³/mol. The second kappa shape index (κ2) is 3.09. The van der Waals surface area contributed by atoms with Crippen molar-refractivity contribution < 1.29 is 19.7 Å². The van der Waals surface area contributed by atoms with Gasteiger partial charge in [-0.2, -0.15) is 0 Å². The lowest BCUT2D eigenvalue weighted by atomic mass is 10.0. The van der Waals surface area contributed by atoms with Gasteiger partial charge < -0.3 is 19.7 Å². The summed E-state index contributed by atoms with van der Waals surface area (Å²) in [6.07, 6.45) is -1.81. The minimum absolute atomic E-state index is 0.335. The van der Waals surface area contributed by atoms with E-state index in [9.17, 15) is 4.79 Å². The summed E-state index contributed by atoms with van der Waals surface area (Å²) >= 11 is 0. The highest BCUT2D eigenvalue weighted by Crippen LogP contribution is 2.12. The van der Waals surface area contributed by atoms with Gasteiger partial charge in [-0.25, -0.2) is 0 Å². The molecule has 0 bridgehead atoms. The van der Waals surface area contributed by atoms with Crippen molar-refractivity contribution in [1.29, 1.82) is 0 Å². The third-order valence-electron chi connectivity index (χ3n) is 1.59. The third-order valence-corrected chi connectivity index (χ3v) is 1.59. The van der Waals surface area contributed by atoms with E-state index < -0.39 is 18.3 Å². The summed E-state index contributed by atoms with van der Waals surface area (Å²) in [7, 11) is 0. The van der Waals surface area contributed by atoms with Gasteiger partial charge in [0.25, 0.3) is 0 Å². The number of aliphatic hydroxyl groups excluding tert-OH is 2. The molecule has 1 heterocycles. The number of aliphatic hydroxyl groups is 2. The lowest BCUT2D eigenvalue weighted by Crippen LogP contribution is -2.45. The molecule has 1 rings (SSSR count). The minimum Gasteiger partial charge on any atom is -0.390 e. The topological polar surface area (TPSA) is 66.8 Å². The first-order chi connectivity index (χ1) is 4.75. The molecule has 3 atom stereocenters. The maximum Gasteiger partial charge on any atom is 0.151 e. The highest BCUT2D eigenvalue weighted by molar-refractivity contribution is 5.57. The van der Waals surface area contributed by atoms with Gasteiger partial charge in [0.15, 0.2) is 6.29 Å². The van der Waals surface area contributed by atoms with Gasteiger partial charge in [-0.3, -0.25) is 0 Å².